The predicted molar refractivity (Wildman–Crippen MR) is 64.9 cm³/mol. The Morgan fingerprint density at radius 2 is 2.29 bits per heavy atom. The van der Waals surface area contributed by atoms with Crippen molar-refractivity contribution in [1.29, 1.82) is 0 Å². The van der Waals surface area contributed by atoms with Gasteiger partial charge in [-0.15, -0.1) is 0 Å². The molecular weight excluding hydrogens is 220 g/mol. The second-order valence-corrected chi connectivity index (χ2v) is 4.11. The molecule has 0 aliphatic heterocycles. The molecule has 0 bridgehead atoms. The van der Waals surface area contributed by atoms with E-state index in [4.69, 9.17) is 0 Å². The van der Waals surface area contributed by atoms with Crippen LogP contribution in [0.15, 0.2) is 18.3 Å². The summed E-state index contributed by atoms with van der Waals surface area (Å²) in [5, 5.41) is 12.7. The molecule has 0 aliphatic rings. The Kier molecular flexibility index (Phi) is 4.90. The van der Waals surface area contributed by atoms with Gasteiger partial charge in [-0.05, 0) is 18.1 Å². The number of pyridine rings is 1. The van der Waals surface area contributed by atoms with Crippen molar-refractivity contribution in [3.8, 4) is 0 Å². The van der Waals surface area contributed by atoms with E-state index in [1.165, 1.54) is 13.3 Å². The van der Waals surface area contributed by atoms with Gasteiger partial charge in [0.05, 0.1) is 13.2 Å². The summed E-state index contributed by atoms with van der Waals surface area (Å²) in [6.07, 6.45) is 1.10. The Balaban J connectivity index is 2.63. The fourth-order valence-electron chi connectivity index (χ4n) is 1.21. The van der Waals surface area contributed by atoms with Crippen LogP contribution >= 0.6 is 0 Å². The molecule has 0 aromatic carbocycles. The molecule has 5 heteroatoms. The van der Waals surface area contributed by atoms with E-state index in [0.717, 1.165) is 5.69 Å². The van der Waals surface area contributed by atoms with Crippen LogP contribution < -0.4 is 5.32 Å². The number of carbonyl (C=O) groups excluding carboxylic acids is 1. The first-order chi connectivity index (χ1) is 8.04. The fourth-order valence-corrected chi connectivity index (χ4v) is 1.21. The molecule has 0 saturated carbocycles. The van der Waals surface area contributed by atoms with Crippen LogP contribution in [0.1, 0.15) is 24.3 Å². The zero-order valence-corrected chi connectivity index (χ0v) is 10.3. The summed E-state index contributed by atoms with van der Waals surface area (Å²) in [5.74, 6) is -0.289. The number of rotatable bonds is 5. The van der Waals surface area contributed by atoms with E-state index >= 15 is 0 Å². The second-order valence-electron chi connectivity index (χ2n) is 4.11. The van der Waals surface area contributed by atoms with Gasteiger partial charge < -0.3 is 15.2 Å². The monoisotopic (exact) mass is 238 g/mol. The van der Waals surface area contributed by atoms with E-state index in [2.05, 4.69) is 15.0 Å². The predicted octanol–water partition coefficient (Wildman–Crippen LogP) is 1.30. The second kappa shape index (κ2) is 6.20. The molecule has 1 unspecified atom stereocenters. The minimum atomic E-state index is -0.474. The van der Waals surface area contributed by atoms with Gasteiger partial charge >= 0.3 is 5.97 Å². The van der Waals surface area contributed by atoms with Crippen LogP contribution in [-0.4, -0.2) is 35.8 Å². The standard InChI is InChI=1S/C12H18N2O3/c1-8(2)11(15)7-14-9-4-5-13-10(6-9)12(16)17-3/h4-6,8,11,15H,7H2,1-3H3,(H,13,14). The minimum Gasteiger partial charge on any atom is -0.464 e. The number of methoxy groups -OCH3 is 1. The number of esters is 1. The van der Waals surface area contributed by atoms with Gasteiger partial charge in [0.2, 0.25) is 0 Å². The van der Waals surface area contributed by atoms with Gasteiger partial charge in [0.15, 0.2) is 0 Å². The van der Waals surface area contributed by atoms with E-state index in [0.29, 0.717) is 6.54 Å². The van der Waals surface area contributed by atoms with Crippen LogP contribution in [0, 0.1) is 5.92 Å². The van der Waals surface area contributed by atoms with Gasteiger partial charge in [0.25, 0.3) is 0 Å². The number of nitrogens with zero attached hydrogens (tertiary/aromatic N) is 1. The zero-order valence-electron chi connectivity index (χ0n) is 10.3. The lowest BCUT2D eigenvalue weighted by molar-refractivity contribution is 0.0594. The minimum absolute atomic E-state index is 0.185. The summed E-state index contributed by atoms with van der Waals surface area (Å²) in [5.41, 5.74) is 0.983. The highest BCUT2D eigenvalue weighted by Gasteiger charge is 2.10. The van der Waals surface area contributed by atoms with Crippen LogP contribution in [0.25, 0.3) is 0 Å². The van der Waals surface area contributed by atoms with Crippen LogP contribution in [-0.2, 0) is 4.74 Å². The van der Waals surface area contributed by atoms with Gasteiger partial charge in [0.1, 0.15) is 5.69 Å². The molecule has 1 aromatic rings. The topological polar surface area (TPSA) is 71.5 Å². The van der Waals surface area contributed by atoms with Crippen LogP contribution in [0.5, 0.6) is 0 Å². The molecule has 1 heterocycles. The van der Waals surface area contributed by atoms with E-state index in [-0.39, 0.29) is 11.6 Å². The number of hydrogen-bond donors (Lipinski definition) is 2. The van der Waals surface area contributed by atoms with Crippen molar-refractivity contribution in [3.05, 3.63) is 24.0 Å². The summed E-state index contributed by atoms with van der Waals surface area (Å²) >= 11 is 0. The van der Waals surface area contributed by atoms with Crippen molar-refractivity contribution in [2.45, 2.75) is 20.0 Å². The summed E-state index contributed by atoms with van der Waals surface area (Å²) in [6, 6.07) is 3.33. The number of ether oxygens (including phenoxy) is 1. The highest BCUT2D eigenvalue weighted by Crippen LogP contribution is 2.10. The molecule has 0 saturated heterocycles. The average Bonchev–Trinajstić information content (AvgIpc) is 2.35. The van der Waals surface area contributed by atoms with Crippen molar-refractivity contribution in [2.75, 3.05) is 19.0 Å². The Morgan fingerprint density at radius 1 is 1.59 bits per heavy atom. The first-order valence-corrected chi connectivity index (χ1v) is 5.51. The van der Waals surface area contributed by atoms with Gasteiger partial charge in [0, 0.05) is 18.4 Å². The maximum atomic E-state index is 11.3. The van der Waals surface area contributed by atoms with Crippen LogP contribution in [0.2, 0.25) is 0 Å². The molecular formula is C12H18N2O3. The normalized spacial score (nSPS) is 12.3. The van der Waals surface area contributed by atoms with E-state index in [1.54, 1.807) is 12.1 Å². The third kappa shape index (κ3) is 4.03. The Morgan fingerprint density at radius 3 is 2.88 bits per heavy atom. The van der Waals surface area contributed by atoms with Gasteiger partial charge in [-0.2, -0.15) is 0 Å². The van der Waals surface area contributed by atoms with Gasteiger partial charge in [-0.3, -0.25) is 0 Å². The third-order valence-corrected chi connectivity index (χ3v) is 2.44. The lowest BCUT2D eigenvalue weighted by atomic mass is 10.1. The fraction of sp³-hybridized carbons (Fsp3) is 0.500. The number of aliphatic hydroxyl groups is 1. The van der Waals surface area contributed by atoms with Gasteiger partial charge in [-0.25, -0.2) is 9.78 Å². The SMILES string of the molecule is COC(=O)c1cc(NCC(O)C(C)C)ccn1. The molecule has 2 N–H and O–H groups in total. The number of carbonyl (C=O) groups is 1. The summed E-state index contributed by atoms with van der Waals surface area (Å²) in [6.45, 7) is 4.32. The Bertz CT molecular complexity index is 380. The molecule has 1 aromatic heterocycles. The van der Waals surface area contributed by atoms with Gasteiger partial charge in [-0.1, -0.05) is 13.8 Å². The molecule has 1 rings (SSSR count). The van der Waals surface area contributed by atoms with Crippen molar-refractivity contribution in [1.82, 2.24) is 4.98 Å². The number of aromatic nitrogens is 1. The molecule has 0 fully saturated rings. The summed E-state index contributed by atoms with van der Waals surface area (Å²) in [7, 11) is 1.31. The van der Waals surface area contributed by atoms with Crippen LogP contribution in [0.4, 0.5) is 5.69 Å². The molecule has 1 atom stereocenters. The summed E-state index contributed by atoms with van der Waals surface area (Å²) in [4.78, 5) is 15.1. The number of hydrogen-bond acceptors (Lipinski definition) is 5. The molecule has 0 spiro atoms. The highest BCUT2D eigenvalue weighted by molar-refractivity contribution is 5.88. The molecule has 17 heavy (non-hydrogen) atoms. The number of aliphatic hydroxyl groups excluding tert-OH is 1. The van der Waals surface area contributed by atoms with Crippen molar-refractivity contribution < 1.29 is 14.6 Å². The largest absolute Gasteiger partial charge is 0.464 e. The first-order valence-electron chi connectivity index (χ1n) is 5.51. The zero-order chi connectivity index (χ0) is 12.8. The highest BCUT2D eigenvalue weighted by atomic mass is 16.5. The molecule has 0 amide bonds. The average molecular weight is 238 g/mol. The van der Waals surface area contributed by atoms with E-state index < -0.39 is 12.1 Å². The number of anilines is 1. The van der Waals surface area contributed by atoms with E-state index in [1.807, 2.05) is 13.8 Å². The maximum absolute atomic E-state index is 11.3. The summed E-state index contributed by atoms with van der Waals surface area (Å²) < 4.78 is 4.58. The van der Waals surface area contributed by atoms with Crippen molar-refractivity contribution in [2.24, 2.45) is 5.92 Å². The van der Waals surface area contributed by atoms with Crippen molar-refractivity contribution in [3.63, 3.8) is 0 Å². The lowest BCUT2D eigenvalue weighted by Gasteiger charge is -2.15. The van der Waals surface area contributed by atoms with Crippen molar-refractivity contribution >= 4 is 11.7 Å². The Labute approximate surface area is 101 Å². The molecule has 0 radical (unpaired) electrons. The first kappa shape index (κ1) is 13.4. The van der Waals surface area contributed by atoms with E-state index in [9.17, 15) is 9.90 Å². The maximum Gasteiger partial charge on any atom is 0.356 e. The third-order valence-electron chi connectivity index (χ3n) is 2.44. The molecule has 0 aliphatic carbocycles. The number of nitrogens with one attached hydrogen (secondary N) is 1. The lowest BCUT2D eigenvalue weighted by Crippen LogP contribution is -2.24. The Hall–Kier alpha value is -1.62. The molecule has 5 nitrogen and oxygen atoms in total. The van der Waals surface area contributed by atoms with Crippen LogP contribution in [0.3, 0.4) is 0 Å². The quantitative estimate of drug-likeness (QED) is 0.756. The smallest absolute Gasteiger partial charge is 0.356 e. The molecule has 94 valence electrons.